The molecule has 0 bridgehead atoms. The summed E-state index contributed by atoms with van der Waals surface area (Å²) in [5.41, 5.74) is 0.975. The second kappa shape index (κ2) is 8.68. The van der Waals surface area contributed by atoms with Gasteiger partial charge in [0.2, 0.25) is 5.91 Å². The molecule has 1 amide bonds. The zero-order chi connectivity index (χ0) is 20.1. The molecule has 1 fully saturated rings. The summed E-state index contributed by atoms with van der Waals surface area (Å²) >= 11 is 0. The first kappa shape index (κ1) is 18.9. The van der Waals surface area contributed by atoms with Gasteiger partial charge in [-0.25, -0.2) is 14.4 Å². The number of benzene rings is 1. The maximum absolute atomic E-state index is 13.7. The maximum Gasteiger partial charge on any atom is 0.228 e. The van der Waals surface area contributed by atoms with Gasteiger partial charge in [-0.15, -0.1) is 0 Å². The lowest BCUT2D eigenvalue weighted by molar-refractivity contribution is -0.115. The fourth-order valence-electron chi connectivity index (χ4n) is 3.37. The average molecular weight is 391 g/mol. The van der Waals surface area contributed by atoms with Crippen molar-refractivity contribution in [2.75, 3.05) is 41.3 Å². The fraction of sp³-hybridized carbons (Fsp3) is 0.227. The highest BCUT2D eigenvalue weighted by Gasteiger charge is 2.19. The zero-order valence-electron chi connectivity index (χ0n) is 16.0. The van der Waals surface area contributed by atoms with Gasteiger partial charge in [-0.05, 0) is 35.9 Å². The number of hydrogen-bond acceptors (Lipinski definition) is 5. The number of carbonyl (C=O) groups excluding carboxylic acids is 1. The molecule has 3 aromatic rings. The second-order valence-corrected chi connectivity index (χ2v) is 6.88. The van der Waals surface area contributed by atoms with Gasteiger partial charge in [0.25, 0.3) is 0 Å². The first-order chi connectivity index (χ1) is 14.2. The minimum Gasteiger partial charge on any atom is -0.353 e. The van der Waals surface area contributed by atoms with Gasteiger partial charge >= 0.3 is 0 Å². The number of halogens is 1. The van der Waals surface area contributed by atoms with Crippen molar-refractivity contribution < 1.29 is 9.18 Å². The molecule has 2 aromatic heterocycles. The number of hydrogen-bond donors (Lipinski definition) is 1. The van der Waals surface area contributed by atoms with Crippen LogP contribution in [0.1, 0.15) is 5.56 Å². The molecule has 1 aliphatic heterocycles. The second-order valence-electron chi connectivity index (χ2n) is 6.88. The number of carbonyl (C=O) groups is 1. The predicted molar refractivity (Wildman–Crippen MR) is 112 cm³/mol. The van der Waals surface area contributed by atoms with Crippen molar-refractivity contribution in [3.05, 3.63) is 78.4 Å². The molecule has 29 heavy (non-hydrogen) atoms. The Balaban J connectivity index is 1.31. The van der Waals surface area contributed by atoms with Crippen LogP contribution >= 0.6 is 0 Å². The van der Waals surface area contributed by atoms with Crippen LogP contribution in [0.2, 0.25) is 0 Å². The van der Waals surface area contributed by atoms with Crippen LogP contribution in [-0.4, -0.2) is 42.1 Å². The predicted octanol–water partition coefficient (Wildman–Crippen LogP) is 3.12. The molecule has 1 aliphatic rings. The van der Waals surface area contributed by atoms with E-state index in [2.05, 4.69) is 25.1 Å². The normalized spacial score (nSPS) is 14.0. The van der Waals surface area contributed by atoms with Crippen LogP contribution in [0.5, 0.6) is 0 Å². The minimum absolute atomic E-state index is 0.0100. The van der Waals surface area contributed by atoms with E-state index in [4.69, 9.17) is 0 Å². The van der Waals surface area contributed by atoms with Crippen LogP contribution in [0.3, 0.4) is 0 Å². The third kappa shape index (κ3) is 4.68. The molecule has 0 radical (unpaired) electrons. The van der Waals surface area contributed by atoms with Crippen LogP contribution in [0.25, 0.3) is 0 Å². The molecule has 1 saturated heterocycles. The SMILES string of the molecule is O=C(Cc1ccccc1F)Nc1ccc(N2CCN(c3ccccn3)CC2)nc1. The highest BCUT2D eigenvalue weighted by molar-refractivity contribution is 5.92. The number of pyridine rings is 2. The lowest BCUT2D eigenvalue weighted by Gasteiger charge is -2.36. The lowest BCUT2D eigenvalue weighted by Crippen LogP contribution is -2.47. The van der Waals surface area contributed by atoms with Crippen molar-refractivity contribution >= 4 is 23.2 Å². The topological polar surface area (TPSA) is 61.4 Å². The van der Waals surface area contributed by atoms with E-state index in [1.165, 1.54) is 6.07 Å². The highest BCUT2D eigenvalue weighted by atomic mass is 19.1. The van der Waals surface area contributed by atoms with Crippen molar-refractivity contribution in [3.8, 4) is 0 Å². The molecule has 7 heteroatoms. The molecule has 0 spiro atoms. The molecule has 0 unspecified atom stereocenters. The van der Waals surface area contributed by atoms with Crippen LogP contribution in [0, 0.1) is 5.82 Å². The Morgan fingerprint density at radius 2 is 1.59 bits per heavy atom. The van der Waals surface area contributed by atoms with Gasteiger partial charge in [0.15, 0.2) is 0 Å². The fourth-order valence-corrected chi connectivity index (χ4v) is 3.37. The average Bonchev–Trinajstić information content (AvgIpc) is 2.77. The van der Waals surface area contributed by atoms with Crippen molar-refractivity contribution in [2.24, 2.45) is 0 Å². The van der Waals surface area contributed by atoms with E-state index < -0.39 is 0 Å². The molecule has 3 heterocycles. The Morgan fingerprint density at radius 1 is 0.897 bits per heavy atom. The molecule has 0 saturated carbocycles. The van der Waals surface area contributed by atoms with E-state index in [1.807, 2.05) is 36.5 Å². The number of rotatable bonds is 5. The van der Waals surface area contributed by atoms with Gasteiger partial charge in [0.1, 0.15) is 17.5 Å². The molecular formula is C22H22FN5O. The number of nitrogens with zero attached hydrogens (tertiary/aromatic N) is 4. The lowest BCUT2D eigenvalue weighted by atomic mass is 10.1. The smallest absolute Gasteiger partial charge is 0.228 e. The third-order valence-electron chi connectivity index (χ3n) is 4.92. The summed E-state index contributed by atoms with van der Waals surface area (Å²) in [6.45, 7) is 3.45. The molecule has 4 rings (SSSR count). The van der Waals surface area contributed by atoms with E-state index in [0.717, 1.165) is 37.8 Å². The van der Waals surface area contributed by atoms with E-state index in [-0.39, 0.29) is 18.1 Å². The summed E-state index contributed by atoms with van der Waals surface area (Å²) in [7, 11) is 0. The third-order valence-corrected chi connectivity index (χ3v) is 4.92. The van der Waals surface area contributed by atoms with Gasteiger partial charge in [0.05, 0.1) is 18.3 Å². The minimum atomic E-state index is -0.374. The summed E-state index contributed by atoms with van der Waals surface area (Å²) in [5, 5.41) is 2.77. The molecular weight excluding hydrogens is 369 g/mol. The maximum atomic E-state index is 13.7. The van der Waals surface area contributed by atoms with Gasteiger partial charge in [-0.3, -0.25) is 4.79 Å². The monoisotopic (exact) mass is 391 g/mol. The molecule has 1 N–H and O–H groups in total. The Labute approximate surface area is 169 Å². The van der Waals surface area contributed by atoms with Crippen LogP contribution in [-0.2, 0) is 11.2 Å². The number of nitrogens with one attached hydrogen (secondary N) is 1. The van der Waals surface area contributed by atoms with E-state index in [1.54, 1.807) is 24.4 Å². The van der Waals surface area contributed by atoms with Crippen LogP contribution < -0.4 is 15.1 Å². The number of amides is 1. The van der Waals surface area contributed by atoms with Crippen LogP contribution in [0.4, 0.5) is 21.7 Å². The largest absolute Gasteiger partial charge is 0.353 e. The van der Waals surface area contributed by atoms with Crippen molar-refractivity contribution in [3.63, 3.8) is 0 Å². The van der Waals surface area contributed by atoms with Gasteiger partial charge in [-0.2, -0.15) is 0 Å². The highest BCUT2D eigenvalue weighted by Crippen LogP contribution is 2.19. The first-order valence-corrected chi connectivity index (χ1v) is 9.59. The van der Waals surface area contributed by atoms with Gasteiger partial charge < -0.3 is 15.1 Å². The molecule has 0 aliphatic carbocycles. The Kier molecular flexibility index (Phi) is 5.65. The first-order valence-electron chi connectivity index (χ1n) is 9.59. The van der Waals surface area contributed by atoms with Gasteiger partial charge in [0, 0.05) is 32.4 Å². The Morgan fingerprint density at radius 3 is 2.21 bits per heavy atom. The number of piperazine rings is 1. The van der Waals surface area contributed by atoms with E-state index in [9.17, 15) is 9.18 Å². The molecule has 1 aromatic carbocycles. The van der Waals surface area contributed by atoms with E-state index >= 15 is 0 Å². The quantitative estimate of drug-likeness (QED) is 0.724. The summed E-state index contributed by atoms with van der Waals surface area (Å²) < 4.78 is 13.7. The van der Waals surface area contributed by atoms with Crippen molar-refractivity contribution in [2.45, 2.75) is 6.42 Å². The standard InChI is InChI=1S/C22H22FN5O/c23-19-6-2-1-5-17(19)15-22(29)26-18-8-9-21(25-16-18)28-13-11-27(12-14-28)20-7-3-4-10-24-20/h1-10,16H,11-15H2,(H,26,29). The zero-order valence-corrected chi connectivity index (χ0v) is 16.0. The summed E-state index contributed by atoms with van der Waals surface area (Å²) in [6, 6.07) is 15.9. The Bertz CT molecular complexity index is 956. The number of aromatic nitrogens is 2. The number of anilines is 3. The van der Waals surface area contributed by atoms with E-state index in [0.29, 0.717) is 11.3 Å². The molecule has 6 nitrogen and oxygen atoms in total. The van der Waals surface area contributed by atoms with Crippen molar-refractivity contribution in [1.29, 1.82) is 0 Å². The molecule has 148 valence electrons. The van der Waals surface area contributed by atoms with Gasteiger partial charge in [-0.1, -0.05) is 24.3 Å². The Hall–Kier alpha value is -3.48. The van der Waals surface area contributed by atoms with Crippen LogP contribution in [0.15, 0.2) is 67.0 Å². The summed E-state index contributed by atoms with van der Waals surface area (Å²) in [5.74, 6) is 1.22. The summed E-state index contributed by atoms with van der Waals surface area (Å²) in [6.07, 6.45) is 3.44. The summed E-state index contributed by atoms with van der Waals surface area (Å²) in [4.78, 5) is 25.5. The van der Waals surface area contributed by atoms with Crippen molar-refractivity contribution in [1.82, 2.24) is 9.97 Å². The molecule has 0 atom stereocenters.